The summed E-state index contributed by atoms with van der Waals surface area (Å²) >= 11 is 0. The minimum Gasteiger partial charge on any atom is -0.317 e. The van der Waals surface area contributed by atoms with Gasteiger partial charge in [0.25, 0.3) is 0 Å². The lowest BCUT2D eigenvalue weighted by Crippen LogP contribution is -2.23. The highest BCUT2D eigenvalue weighted by Crippen LogP contribution is 2.01. The first-order valence-electron chi connectivity index (χ1n) is 17.9. The zero-order valence-corrected chi connectivity index (χ0v) is 27.4. The van der Waals surface area contributed by atoms with Gasteiger partial charge in [-0.15, -0.1) is 0 Å². The van der Waals surface area contributed by atoms with E-state index in [9.17, 15) is 0 Å². The number of unbranched alkanes of at least 4 members (excludes halogenated alkanes) is 10. The summed E-state index contributed by atoms with van der Waals surface area (Å²) in [5.74, 6) is 0. The molecule has 7 heteroatoms. The van der Waals surface area contributed by atoms with Crippen LogP contribution in [0.15, 0.2) is 0 Å². The summed E-state index contributed by atoms with van der Waals surface area (Å²) in [6.45, 7) is 20.7. The van der Waals surface area contributed by atoms with E-state index < -0.39 is 0 Å². The quantitative estimate of drug-likeness (QED) is 0.0542. The fourth-order valence-corrected chi connectivity index (χ4v) is 4.78. The lowest BCUT2D eigenvalue weighted by Gasteiger charge is -2.08. The Labute approximate surface area is 251 Å². The van der Waals surface area contributed by atoms with Gasteiger partial charge in [0.1, 0.15) is 0 Å². The van der Waals surface area contributed by atoms with Crippen LogP contribution in [0.4, 0.5) is 0 Å². The van der Waals surface area contributed by atoms with Crippen molar-refractivity contribution in [2.75, 3.05) is 91.6 Å². The molecule has 0 aliphatic carbocycles. The van der Waals surface area contributed by atoms with E-state index in [1.54, 1.807) is 0 Å². The van der Waals surface area contributed by atoms with Crippen LogP contribution in [0.25, 0.3) is 0 Å². The average Bonchev–Trinajstić information content (AvgIpc) is 2.97. The SMILES string of the molecule is CCCCCCCNCCCCNCCCCNCCCCNCCCCNCCCCNCCCCNCC. The minimum atomic E-state index is 1.09. The van der Waals surface area contributed by atoms with Crippen LogP contribution >= 0.6 is 0 Å². The molecule has 0 amide bonds. The summed E-state index contributed by atoms with van der Waals surface area (Å²) in [5, 5.41) is 25.0. The molecule has 0 heterocycles. The van der Waals surface area contributed by atoms with Crippen LogP contribution in [-0.2, 0) is 0 Å². The third-order valence-electron chi connectivity index (χ3n) is 7.45. The standard InChI is InChI=1S/C33H75N7/c1-3-5-6-7-8-22-35-24-11-12-26-37-28-15-16-30-39-32-19-20-33-40-31-18-17-29-38-27-14-13-25-36-23-10-9-21-34-4-2/h34-40H,3-33H2,1-2H3. The Balaban J connectivity index is 3.01. The molecule has 0 radical (unpaired) electrons. The van der Waals surface area contributed by atoms with Crippen molar-refractivity contribution in [2.45, 2.75) is 123 Å². The fraction of sp³-hybridized carbons (Fsp3) is 1.00. The molecule has 0 fully saturated rings. The molecule has 0 aromatic carbocycles. The van der Waals surface area contributed by atoms with E-state index in [-0.39, 0.29) is 0 Å². The largest absolute Gasteiger partial charge is 0.317 e. The maximum atomic E-state index is 3.61. The molecule has 0 saturated heterocycles. The van der Waals surface area contributed by atoms with Gasteiger partial charge in [-0.05, 0) is 175 Å². The van der Waals surface area contributed by atoms with Gasteiger partial charge in [-0.1, -0.05) is 39.5 Å². The third kappa shape index (κ3) is 37.7. The van der Waals surface area contributed by atoms with Crippen LogP contribution in [0.2, 0.25) is 0 Å². The van der Waals surface area contributed by atoms with Gasteiger partial charge < -0.3 is 37.2 Å². The predicted octanol–water partition coefficient (Wildman–Crippen LogP) is 4.79. The van der Waals surface area contributed by atoms with Crippen LogP contribution in [0.1, 0.15) is 123 Å². The van der Waals surface area contributed by atoms with Crippen molar-refractivity contribution in [3.05, 3.63) is 0 Å². The molecular weight excluding hydrogens is 494 g/mol. The van der Waals surface area contributed by atoms with Crippen molar-refractivity contribution >= 4 is 0 Å². The molecule has 0 atom stereocenters. The highest BCUT2D eigenvalue weighted by molar-refractivity contribution is 4.57. The molecule has 0 saturated carbocycles. The van der Waals surface area contributed by atoms with Crippen LogP contribution in [-0.4, -0.2) is 91.6 Å². The molecule has 0 bridgehead atoms. The first-order chi connectivity index (χ1) is 19.9. The van der Waals surface area contributed by atoms with E-state index >= 15 is 0 Å². The molecular formula is C33H75N7. The molecule has 0 unspecified atom stereocenters. The number of nitrogens with one attached hydrogen (secondary N) is 7. The second-order valence-electron chi connectivity index (χ2n) is 11.5. The minimum absolute atomic E-state index is 1.09. The van der Waals surface area contributed by atoms with Crippen molar-refractivity contribution in [1.82, 2.24) is 37.2 Å². The zero-order chi connectivity index (χ0) is 28.9. The van der Waals surface area contributed by atoms with E-state index in [0.29, 0.717) is 0 Å². The van der Waals surface area contributed by atoms with Gasteiger partial charge in [0.15, 0.2) is 0 Å². The molecule has 0 rings (SSSR count). The molecule has 0 aromatic heterocycles. The predicted molar refractivity (Wildman–Crippen MR) is 180 cm³/mol. The Kier molecular flexibility index (Phi) is 38.4. The number of hydrogen-bond donors (Lipinski definition) is 7. The normalized spacial score (nSPS) is 11.6. The van der Waals surface area contributed by atoms with Gasteiger partial charge in [0.2, 0.25) is 0 Å². The van der Waals surface area contributed by atoms with E-state index in [4.69, 9.17) is 0 Å². The Morgan fingerprint density at radius 2 is 0.425 bits per heavy atom. The van der Waals surface area contributed by atoms with Gasteiger partial charge >= 0.3 is 0 Å². The van der Waals surface area contributed by atoms with Crippen LogP contribution < -0.4 is 37.2 Å². The van der Waals surface area contributed by atoms with E-state index in [1.165, 1.54) is 142 Å². The van der Waals surface area contributed by atoms with Crippen molar-refractivity contribution in [2.24, 2.45) is 0 Å². The molecule has 0 spiro atoms. The van der Waals surface area contributed by atoms with Crippen LogP contribution in [0, 0.1) is 0 Å². The lowest BCUT2D eigenvalue weighted by molar-refractivity contribution is 0.528. The van der Waals surface area contributed by atoms with Crippen molar-refractivity contribution in [3.8, 4) is 0 Å². The lowest BCUT2D eigenvalue weighted by atomic mass is 10.1. The molecule has 7 N–H and O–H groups in total. The van der Waals surface area contributed by atoms with Crippen LogP contribution in [0.5, 0.6) is 0 Å². The summed E-state index contributed by atoms with van der Waals surface area (Å²) in [6.07, 6.45) is 22.3. The molecule has 0 aliphatic heterocycles. The van der Waals surface area contributed by atoms with Crippen LogP contribution in [0.3, 0.4) is 0 Å². The highest BCUT2D eigenvalue weighted by Gasteiger charge is 1.95. The summed E-state index contributed by atoms with van der Waals surface area (Å²) < 4.78 is 0. The molecule has 40 heavy (non-hydrogen) atoms. The second kappa shape index (κ2) is 38.7. The fourth-order valence-electron chi connectivity index (χ4n) is 4.78. The van der Waals surface area contributed by atoms with Gasteiger partial charge in [0, 0.05) is 0 Å². The molecule has 242 valence electrons. The summed E-state index contributed by atoms with van der Waals surface area (Å²) in [6, 6.07) is 0. The van der Waals surface area contributed by atoms with Gasteiger partial charge in [-0.25, -0.2) is 0 Å². The first-order valence-corrected chi connectivity index (χ1v) is 17.9. The Bertz CT molecular complexity index is 388. The number of rotatable bonds is 37. The monoisotopic (exact) mass is 570 g/mol. The van der Waals surface area contributed by atoms with E-state index in [2.05, 4.69) is 51.1 Å². The topological polar surface area (TPSA) is 84.2 Å². The Morgan fingerprint density at radius 3 is 0.650 bits per heavy atom. The third-order valence-corrected chi connectivity index (χ3v) is 7.45. The Hall–Kier alpha value is -0.280. The van der Waals surface area contributed by atoms with E-state index in [0.717, 1.165) is 58.9 Å². The average molecular weight is 570 g/mol. The molecule has 7 nitrogen and oxygen atoms in total. The number of hydrogen-bond acceptors (Lipinski definition) is 7. The molecule has 0 aromatic rings. The van der Waals surface area contributed by atoms with Crippen molar-refractivity contribution in [1.29, 1.82) is 0 Å². The van der Waals surface area contributed by atoms with E-state index in [1.807, 2.05) is 0 Å². The maximum Gasteiger partial charge on any atom is -0.00484 e. The van der Waals surface area contributed by atoms with Gasteiger partial charge in [0.05, 0.1) is 0 Å². The Morgan fingerprint density at radius 1 is 0.225 bits per heavy atom. The van der Waals surface area contributed by atoms with Gasteiger partial charge in [-0.3, -0.25) is 0 Å². The highest BCUT2D eigenvalue weighted by atomic mass is 14.9. The smallest absolute Gasteiger partial charge is 0.00484 e. The van der Waals surface area contributed by atoms with Crippen molar-refractivity contribution < 1.29 is 0 Å². The zero-order valence-electron chi connectivity index (χ0n) is 27.4. The molecule has 0 aliphatic rings. The summed E-state index contributed by atoms with van der Waals surface area (Å²) in [7, 11) is 0. The van der Waals surface area contributed by atoms with Crippen molar-refractivity contribution in [3.63, 3.8) is 0 Å². The summed E-state index contributed by atoms with van der Waals surface area (Å²) in [4.78, 5) is 0. The second-order valence-corrected chi connectivity index (χ2v) is 11.5. The first kappa shape index (κ1) is 39.7. The summed E-state index contributed by atoms with van der Waals surface area (Å²) in [5.41, 5.74) is 0. The van der Waals surface area contributed by atoms with Gasteiger partial charge in [-0.2, -0.15) is 0 Å². The maximum absolute atomic E-state index is 3.61.